The molecule has 0 bridgehead atoms. The summed E-state index contributed by atoms with van der Waals surface area (Å²) in [6.45, 7) is 8.49. The molecule has 3 heterocycles. The van der Waals surface area contributed by atoms with Crippen LogP contribution >= 0.6 is 11.3 Å². The van der Waals surface area contributed by atoms with Crippen LogP contribution in [0.1, 0.15) is 39.3 Å². The Bertz CT molecular complexity index is 1260. The highest BCUT2D eigenvalue weighted by molar-refractivity contribution is 7.22. The summed E-state index contributed by atoms with van der Waals surface area (Å²) in [5.74, 6) is 1.12. The SMILES string of the molecule is CC(C)(C)N1CCC(CO)(c2nccnc2Oc2ccc(Nc3nc4ccccc4s3)cc2)CC1. The van der Waals surface area contributed by atoms with Crippen LogP contribution < -0.4 is 10.1 Å². The van der Waals surface area contributed by atoms with Gasteiger partial charge in [-0.25, -0.2) is 9.97 Å². The van der Waals surface area contributed by atoms with E-state index in [0.29, 0.717) is 11.6 Å². The van der Waals surface area contributed by atoms with Gasteiger partial charge >= 0.3 is 0 Å². The molecule has 0 radical (unpaired) electrons. The number of thiazole rings is 1. The van der Waals surface area contributed by atoms with Crippen molar-refractivity contribution in [1.82, 2.24) is 19.9 Å². The molecule has 4 aromatic rings. The predicted octanol–water partition coefficient (Wildman–Crippen LogP) is 5.75. The number of nitrogens with one attached hydrogen (secondary N) is 1. The molecular weight excluding hydrogens is 458 g/mol. The zero-order valence-electron chi connectivity index (χ0n) is 20.4. The Labute approximate surface area is 209 Å². The third-order valence-electron chi connectivity index (χ3n) is 6.75. The zero-order chi connectivity index (χ0) is 24.5. The van der Waals surface area contributed by atoms with Crippen LogP contribution in [0.4, 0.5) is 10.8 Å². The van der Waals surface area contributed by atoms with Gasteiger partial charge in [0.05, 0.1) is 16.8 Å². The van der Waals surface area contributed by atoms with Gasteiger partial charge in [0.1, 0.15) is 11.4 Å². The smallest absolute Gasteiger partial charge is 0.241 e. The average molecular weight is 490 g/mol. The molecule has 0 aliphatic carbocycles. The van der Waals surface area contributed by atoms with E-state index in [1.807, 2.05) is 42.5 Å². The van der Waals surface area contributed by atoms with E-state index in [4.69, 9.17) is 4.74 Å². The summed E-state index contributed by atoms with van der Waals surface area (Å²) in [7, 11) is 0. The first-order valence-corrected chi connectivity index (χ1v) is 12.8. The van der Waals surface area contributed by atoms with Gasteiger partial charge in [-0.2, -0.15) is 0 Å². The van der Waals surface area contributed by atoms with E-state index >= 15 is 0 Å². The zero-order valence-corrected chi connectivity index (χ0v) is 21.2. The highest BCUT2D eigenvalue weighted by atomic mass is 32.1. The van der Waals surface area contributed by atoms with Crippen molar-refractivity contribution in [3.8, 4) is 11.6 Å². The van der Waals surface area contributed by atoms with Gasteiger partial charge in [-0.05, 0) is 83.1 Å². The molecule has 182 valence electrons. The third kappa shape index (κ3) is 5.00. The van der Waals surface area contributed by atoms with Crippen LogP contribution in [-0.2, 0) is 5.41 Å². The minimum atomic E-state index is -0.459. The van der Waals surface area contributed by atoms with Gasteiger partial charge in [0, 0.05) is 29.0 Å². The van der Waals surface area contributed by atoms with Crippen LogP contribution in [0, 0.1) is 0 Å². The number of anilines is 2. The Balaban J connectivity index is 1.32. The lowest BCUT2D eigenvalue weighted by molar-refractivity contribution is 0.0464. The van der Waals surface area contributed by atoms with Crippen molar-refractivity contribution in [1.29, 1.82) is 0 Å². The van der Waals surface area contributed by atoms with E-state index < -0.39 is 5.41 Å². The van der Waals surface area contributed by atoms with Gasteiger partial charge in [0.2, 0.25) is 5.88 Å². The van der Waals surface area contributed by atoms with Crippen molar-refractivity contribution in [3.63, 3.8) is 0 Å². The molecule has 2 aromatic heterocycles. The van der Waals surface area contributed by atoms with Crippen LogP contribution in [0.25, 0.3) is 10.2 Å². The summed E-state index contributed by atoms with van der Waals surface area (Å²) in [6, 6.07) is 15.8. The van der Waals surface area contributed by atoms with Gasteiger partial charge in [-0.1, -0.05) is 23.5 Å². The Morgan fingerprint density at radius 1 is 1.03 bits per heavy atom. The first-order chi connectivity index (χ1) is 16.9. The Morgan fingerprint density at radius 2 is 1.74 bits per heavy atom. The number of piperidine rings is 1. The van der Waals surface area contributed by atoms with Crippen molar-refractivity contribution < 1.29 is 9.84 Å². The molecule has 35 heavy (non-hydrogen) atoms. The maximum Gasteiger partial charge on any atom is 0.241 e. The quantitative estimate of drug-likeness (QED) is 0.357. The number of hydrogen-bond donors (Lipinski definition) is 2. The van der Waals surface area contributed by atoms with E-state index in [1.165, 1.54) is 0 Å². The van der Waals surface area contributed by atoms with Crippen LogP contribution in [0.15, 0.2) is 60.9 Å². The van der Waals surface area contributed by atoms with Crippen molar-refractivity contribution in [2.24, 2.45) is 0 Å². The number of aliphatic hydroxyl groups excluding tert-OH is 1. The molecule has 1 saturated heterocycles. The van der Waals surface area contributed by atoms with Crippen molar-refractivity contribution in [2.75, 3.05) is 25.0 Å². The number of hydrogen-bond acceptors (Lipinski definition) is 8. The minimum absolute atomic E-state index is 0.0189. The van der Waals surface area contributed by atoms with Gasteiger partial charge < -0.3 is 15.2 Å². The molecule has 1 aliphatic heterocycles. The van der Waals surface area contributed by atoms with Crippen LogP contribution in [-0.4, -0.2) is 50.2 Å². The van der Waals surface area contributed by atoms with E-state index in [2.05, 4.69) is 52.0 Å². The second-order valence-corrected chi connectivity index (χ2v) is 11.1. The molecule has 2 aromatic carbocycles. The number of likely N-dealkylation sites (tertiary alicyclic amines) is 1. The first kappa shape index (κ1) is 23.7. The number of ether oxygens (including phenoxy) is 1. The summed E-state index contributed by atoms with van der Waals surface area (Å²) in [4.78, 5) is 16.2. The van der Waals surface area contributed by atoms with Gasteiger partial charge in [0.25, 0.3) is 0 Å². The fourth-order valence-electron chi connectivity index (χ4n) is 4.61. The van der Waals surface area contributed by atoms with E-state index in [-0.39, 0.29) is 12.1 Å². The van der Waals surface area contributed by atoms with Crippen molar-refractivity contribution in [3.05, 3.63) is 66.6 Å². The first-order valence-electron chi connectivity index (χ1n) is 11.9. The molecule has 0 amide bonds. The molecule has 8 heteroatoms. The number of rotatable bonds is 6. The number of aromatic nitrogens is 3. The average Bonchev–Trinajstić information content (AvgIpc) is 3.27. The number of benzene rings is 2. The lowest BCUT2D eigenvalue weighted by Gasteiger charge is -2.45. The molecule has 2 N–H and O–H groups in total. The summed E-state index contributed by atoms with van der Waals surface area (Å²) in [5.41, 5.74) is 2.29. The summed E-state index contributed by atoms with van der Waals surface area (Å²) < 4.78 is 7.35. The molecule has 1 aliphatic rings. The molecule has 0 unspecified atom stereocenters. The Kier molecular flexibility index (Phi) is 6.44. The molecule has 0 saturated carbocycles. The van der Waals surface area contributed by atoms with Crippen LogP contribution in [0.2, 0.25) is 0 Å². The van der Waals surface area contributed by atoms with Crippen LogP contribution in [0.5, 0.6) is 11.6 Å². The molecule has 7 nitrogen and oxygen atoms in total. The maximum absolute atomic E-state index is 10.4. The lowest BCUT2D eigenvalue weighted by Crippen LogP contribution is -2.51. The van der Waals surface area contributed by atoms with E-state index in [1.54, 1.807) is 23.7 Å². The minimum Gasteiger partial charge on any atom is -0.437 e. The lowest BCUT2D eigenvalue weighted by atomic mass is 9.75. The number of fused-ring (bicyclic) bond motifs is 1. The largest absolute Gasteiger partial charge is 0.437 e. The molecule has 0 atom stereocenters. The highest BCUT2D eigenvalue weighted by Crippen LogP contribution is 2.40. The number of nitrogens with zero attached hydrogens (tertiary/aromatic N) is 4. The molecule has 5 rings (SSSR count). The summed E-state index contributed by atoms with van der Waals surface area (Å²) in [5, 5.41) is 14.7. The van der Waals surface area contributed by atoms with Crippen molar-refractivity contribution >= 4 is 32.4 Å². The number of aliphatic hydroxyl groups is 1. The third-order valence-corrected chi connectivity index (χ3v) is 7.70. The van der Waals surface area contributed by atoms with Gasteiger partial charge in [-0.15, -0.1) is 0 Å². The maximum atomic E-state index is 10.4. The van der Waals surface area contributed by atoms with Crippen molar-refractivity contribution in [2.45, 2.75) is 44.6 Å². The Hall–Kier alpha value is -3.07. The normalized spacial score (nSPS) is 16.3. The standard InChI is InChI=1S/C27H31N5O2S/c1-26(2,3)32-16-12-27(18-33,13-17-32)23-24(29-15-14-28-23)34-20-10-8-19(9-11-20)30-25-31-21-6-4-5-7-22(21)35-25/h4-11,14-15,33H,12-13,16-18H2,1-3H3,(H,30,31). The monoisotopic (exact) mass is 489 g/mol. The van der Waals surface area contributed by atoms with Gasteiger partial charge in [-0.3, -0.25) is 9.88 Å². The highest BCUT2D eigenvalue weighted by Gasteiger charge is 2.41. The van der Waals surface area contributed by atoms with E-state index in [9.17, 15) is 5.11 Å². The van der Waals surface area contributed by atoms with Gasteiger partial charge in [0.15, 0.2) is 5.13 Å². The van der Waals surface area contributed by atoms with Crippen LogP contribution in [0.3, 0.4) is 0 Å². The topological polar surface area (TPSA) is 83.4 Å². The fraction of sp³-hybridized carbons (Fsp3) is 0.370. The summed E-state index contributed by atoms with van der Waals surface area (Å²) in [6.07, 6.45) is 4.93. The molecular formula is C27H31N5O2S. The fourth-order valence-corrected chi connectivity index (χ4v) is 5.49. The number of para-hydroxylation sites is 1. The predicted molar refractivity (Wildman–Crippen MR) is 141 cm³/mol. The molecule has 0 spiro atoms. The Morgan fingerprint density at radius 3 is 2.43 bits per heavy atom. The second kappa shape index (κ2) is 9.53. The molecule has 1 fully saturated rings. The van der Waals surface area contributed by atoms with E-state index in [0.717, 1.165) is 52.7 Å². The second-order valence-electron chi connectivity index (χ2n) is 10.0. The summed E-state index contributed by atoms with van der Waals surface area (Å²) >= 11 is 1.62.